The number of nitro groups is 1. The van der Waals surface area contributed by atoms with E-state index in [-0.39, 0.29) is 22.2 Å². The number of methoxy groups -OCH3 is 1. The zero-order valence-electron chi connectivity index (χ0n) is 8.90. The first-order valence-corrected chi connectivity index (χ1v) is 6.07. The van der Waals surface area contributed by atoms with Gasteiger partial charge in [-0.25, -0.2) is 4.99 Å². The first-order chi connectivity index (χ1) is 7.60. The molecule has 0 bridgehead atoms. The van der Waals surface area contributed by atoms with Gasteiger partial charge in [0.15, 0.2) is 5.50 Å². The first-order valence-electron chi connectivity index (χ1n) is 4.64. The van der Waals surface area contributed by atoms with Gasteiger partial charge in [0.2, 0.25) is 5.17 Å². The van der Waals surface area contributed by atoms with Crippen LogP contribution in [0.4, 0.5) is 0 Å². The highest BCUT2D eigenvalue weighted by Gasteiger charge is 2.32. The van der Waals surface area contributed by atoms with E-state index < -0.39 is 4.92 Å². The molecule has 0 fully saturated rings. The molecule has 0 saturated heterocycles. The summed E-state index contributed by atoms with van der Waals surface area (Å²) in [7, 11) is 1.35. The molecule has 0 aliphatic carbocycles. The summed E-state index contributed by atoms with van der Waals surface area (Å²) in [6.07, 6.45) is 0.990. The van der Waals surface area contributed by atoms with E-state index in [4.69, 9.17) is 16.3 Å². The number of hydrogen-bond donors (Lipinski definition) is 1. The number of allylic oxidation sites excluding steroid dienone is 1. The van der Waals surface area contributed by atoms with Gasteiger partial charge in [-0.1, -0.05) is 18.5 Å². The molecule has 8 heteroatoms. The van der Waals surface area contributed by atoms with Gasteiger partial charge < -0.3 is 10.1 Å². The van der Waals surface area contributed by atoms with Crippen molar-refractivity contribution in [2.45, 2.75) is 18.8 Å². The summed E-state index contributed by atoms with van der Waals surface area (Å²) < 4.78 is 4.89. The highest BCUT2D eigenvalue weighted by atomic mass is 35.5. The van der Waals surface area contributed by atoms with Gasteiger partial charge in [0.1, 0.15) is 0 Å². The lowest BCUT2D eigenvalue weighted by Gasteiger charge is -2.20. The van der Waals surface area contributed by atoms with Crippen LogP contribution >= 0.6 is 23.4 Å². The average Bonchev–Trinajstić information content (AvgIpc) is 2.24. The van der Waals surface area contributed by atoms with Crippen molar-refractivity contribution < 1.29 is 9.66 Å². The van der Waals surface area contributed by atoms with E-state index in [9.17, 15) is 10.1 Å². The van der Waals surface area contributed by atoms with Gasteiger partial charge in [0.05, 0.1) is 12.0 Å². The Kier molecular flexibility index (Phi) is 4.88. The molecule has 6 nitrogen and oxygen atoms in total. The van der Waals surface area contributed by atoms with E-state index in [0.717, 1.165) is 12.2 Å². The monoisotopic (exact) mass is 265 g/mol. The number of ether oxygens (including phenoxy) is 1. The third-order valence-electron chi connectivity index (χ3n) is 1.76. The van der Waals surface area contributed by atoms with E-state index in [0.29, 0.717) is 0 Å². The molecule has 0 aromatic rings. The lowest BCUT2D eigenvalue weighted by molar-refractivity contribution is -0.418. The third-order valence-corrected chi connectivity index (χ3v) is 3.22. The zero-order valence-corrected chi connectivity index (χ0v) is 10.5. The summed E-state index contributed by atoms with van der Waals surface area (Å²) in [4.78, 5) is 14.1. The maximum Gasteiger partial charge on any atom is 0.365 e. The second kappa shape index (κ2) is 5.95. The van der Waals surface area contributed by atoms with Crippen molar-refractivity contribution in [3.8, 4) is 0 Å². The Morgan fingerprint density at radius 1 is 1.75 bits per heavy atom. The molecule has 0 amide bonds. The van der Waals surface area contributed by atoms with Crippen molar-refractivity contribution in [2.24, 2.45) is 4.99 Å². The van der Waals surface area contributed by atoms with E-state index in [1.165, 1.54) is 18.9 Å². The maximum atomic E-state index is 10.7. The summed E-state index contributed by atoms with van der Waals surface area (Å²) in [5.41, 5.74) is -0.649. The number of nitrogens with one attached hydrogen (secondary N) is 1. The van der Waals surface area contributed by atoms with Crippen LogP contribution in [0.2, 0.25) is 0 Å². The molecule has 90 valence electrons. The van der Waals surface area contributed by atoms with Crippen LogP contribution in [0.25, 0.3) is 0 Å². The smallest absolute Gasteiger partial charge is 0.365 e. The Bertz CT molecular complexity index is 345. The second-order valence-electron chi connectivity index (χ2n) is 2.93. The number of thioether (sulfide) groups is 1. The molecule has 0 spiro atoms. The first kappa shape index (κ1) is 13.1. The molecule has 1 aliphatic heterocycles. The van der Waals surface area contributed by atoms with Gasteiger partial charge in [0.25, 0.3) is 5.88 Å². The number of halogens is 1. The molecular weight excluding hydrogens is 254 g/mol. The molecule has 0 saturated carbocycles. The van der Waals surface area contributed by atoms with Gasteiger partial charge in [-0.3, -0.25) is 10.1 Å². The van der Waals surface area contributed by atoms with Crippen LogP contribution < -0.4 is 5.32 Å². The summed E-state index contributed by atoms with van der Waals surface area (Å²) in [6.45, 7) is 2.04. The Morgan fingerprint density at radius 2 is 2.44 bits per heavy atom. The molecular formula is C8H12ClN3O3S. The summed E-state index contributed by atoms with van der Waals surface area (Å²) in [5.74, 6) is 0.939. The normalized spacial score (nSPS) is 20.2. The molecule has 1 aliphatic rings. The van der Waals surface area contributed by atoms with Crippen molar-refractivity contribution >= 4 is 28.5 Å². The SMILES string of the molecule is CCCSC1N=C(Cl)C([N+](=O)[O-])=C(OC)N1. The van der Waals surface area contributed by atoms with Crippen LogP contribution in [0.1, 0.15) is 13.3 Å². The highest BCUT2D eigenvalue weighted by Crippen LogP contribution is 2.22. The van der Waals surface area contributed by atoms with Crippen LogP contribution in [0.3, 0.4) is 0 Å². The summed E-state index contributed by atoms with van der Waals surface area (Å²) in [6, 6.07) is 0. The quantitative estimate of drug-likeness (QED) is 0.605. The van der Waals surface area contributed by atoms with Crippen LogP contribution in [0, 0.1) is 10.1 Å². The fourth-order valence-corrected chi connectivity index (χ4v) is 2.23. The molecule has 1 atom stereocenters. The minimum Gasteiger partial charge on any atom is -0.478 e. The standard InChI is InChI=1S/C8H12ClN3O3S/c1-3-4-16-8-10-6(9)5(12(13)14)7(11-8)15-2/h8,11H,3-4H2,1-2H3. The minimum atomic E-state index is -0.613. The zero-order chi connectivity index (χ0) is 12.1. The largest absolute Gasteiger partial charge is 0.478 e. The van der Waals surface area contributed by atoms with Crippen LogP contribution in [-0.2, 0) is 4.74 Å². The van der Waals surface area contributed by atoms with E-state index in [2.05, 4.69) is 10.3 Å². The van der Waals surface area contributed by atoms with E-state index >= 15 is 0 Å². The second-order valence-corrected chi connectivity index (χ2v) is 4.47. The highest BCUT2D eigenvalue weighted by molar-refractivity contribution is 7.99. The molecule has 0 aromatic carbocycles. The average molecular weight is 266 g/mol. The van der Waals surface area contributed by atoms with Crippen molar-refractivity contribution in [1.82, 2.24) is 5.32 Å². The Hall–Kier alpha value is -0.950. The fourth-order valence-electron chi connectivity index (χ4n) is 1.09. The minimum absolute atomic E-state index is 0.0543. The Balaban J connectivity index is 2.84. The van der Waals surface area contributed by atoms with Gasteiger partial charge in [-0.2, -0.15) is 0 Å². The Morgan fingerprint density at radius 3 is 2.94 bits per heavy atom. The number of hydrogen-bond acceptors (Lipinski definition) is 6. The van der Waals surface area contributed by atoms with Gasteiger partial charge in [-0.15, -0.1) is 11.8 Å². The third kappa shape index (κ3) is 3.02. The van der Waals surface area contributed by atoms with Crippen molar-refractivity contribution in [3.63, 3.8) is 0 Å². The molecule has 1 rings (SSSR count). The summed E-state index contributed by atoms with van der Waals surface area (Å²) in [5, 5.41) is 13.4. The van der Waals surface area contributed by atoms with Crippen LogP contribution in [-0.4, -0.2) is 28.5 Å². The van der Waals surface area contributed by atoms with Gasteiger partial charge >= 0.3 is 5.70 Å². The van der Waals surface area contributed by atoms with E-state index in [1.807, 2.05) is 6.92 Å². The van der Waals surface area contributed by atoms with Crippen molar-refractivity contribution in [1.29, 1.82) is 0 Å². The topological polar surface area (TPSA) is 76.8 Å². The number of nitrogens with zero attached hydrogens (tertiary/aromatic N) is 2. The van der Waals surface area contributed by atoms with E-state index in [1.54, 1.807) is 0 Å². The predicted octanol–water partition coefficient (Wildman–Crippen LogP) is 1.75. The molecule has 1 unspecified atom stereocenters. The number of aliphatic imine (C=N–C) groups is 1. The molecule has 1 heterocycles. The van der Waals surface area contributed by atoms with Crippen LogP contribution in [0.15, 0.2) is 16.6 Å². The summed E-state index contributed by atoms with van der Waals surface area (Å²) >= 11 is 7.26. The lowest BCUT2D eigenvalue weighted by atomic mass is 10.4. The number of rotatable bonds is 5. The van der Waals surface area contributed by atoms with Gasteiger partial charge in [-0.05, 0) is 12.2 Å². The van der Waals surface area contributed by atoms with Crippen molar-refractivity contribution in [3.05, 3.63) is 21.7 Å². The molecule has 0 radical (unpaired) electrons. The lowest BCUT2D eigenvalue weighted by Crippen LogP contribution is -2.34. The molecule has 16 heavy (non-hydrogen) atoms. The van der Waals surface area contributed by atoms with Crippen molar-refractivity contribution in [2.75, 3.05) is 12.9 Å². The van der Waals surface area contributed by atoms with Gasteiger partial charge in [0, 0.05) is 0 Å². The predicted molar refractivity (Wildman–Crippen MR) is 64.0 cm³/mol. The Labute approximate surface area is 102 Å². The molecule has 0 aromatic heterocycles. The van der Waals surface area contributed by atoms with Crippen LogP contribution in [0.5, 0.6) is 0 Å². The molecule has 1 N–H and O–H groups in total. The fraction of sp³-hybridized carbons (Fsp3) is 0.625. The maximum absolute atomic E-state index is 10.7.